The van der Waals surface area contributed by atoms with E-state index in [0.717, 1.165) is 29.2 Å². The number of carbonyl (C=O) groups is 1. The van der Waals surface area contributed by atoms with Crippen LogP contribution >= 0.6 is 11.6 Å². The zero-order valence-electron chi connectivity index (χ0n) is 12.7. The van der Waals surface area contributed by atoms with Gasteiger partial charge in [0, 0.05) is 29.4 Å². The van der Waals surface area contributed by atoms with Crippen LogP contribution in [0, 0.1) is 10.1 Å². The zero-order valence-corrected chi connectivity index (χ0v) is 14.2. The Morgan fingerprint density at radius 2 is 1.64 bits per heavy atom. The van der Waals surface area contributed by atoms with Crippen LogP contribution in [0.5, 0.6) is 0 Å². The number of nitro benzene ring substituents is 1. The van der Waals surface area contributed by atoms with Crippen LogP contribution in [0.3, 0.4) is 0 Å². The summed E-state index contributed by atoms with van der Waals surface area (Å²) >= 11 is 5.74. The highest BCUT2D eigenvalue weighted by Crippen LogP contribution is 2.20. The van der Waals surface area contributed by atoms with E-state index in [1.54, 1.807) is 0 Å². The number of carbonyl (C=O) groups excluding carboxylic acids is 1. The van der Waals surface area contributed by atoms with Crippen LogP contribution in [0.1, 0.15) is 0 Å². The molecule has 2 rings (SSSR count). The Hall–Kier alpha value is -2.65. The molecular weight excluding hydrogens is 372 g/mol. The highest BCUT2D eigenvalue weighted by molar-refractivity contribution is 7.91. The third kappa shape index (κ3) is 4.68. The van der Waals surface area contributed by atoms with Gasteiger partial charge in [-0.2, -0.15) is 0 Å². The van der Waals surface area contributed by atoms with E-state index in [1.807, 2.05) is 0 Å². The van der Waals surface area contributed by atoms with Crippen molar-refractivity contribution in [3.8, 4) is 0 Å². The summed E-state index contributed by atoms with van der Waals surface area (Å²) < 4.78 is 24.6. The van der Waals surface area contributed by atoms with Gasteiger partial charge in [-0.3, -0.25) is 10.1 Å². The van der Waals surface area contributed by atoms with Crippen LogP contribution in [0.4, 0.5) is 16.2 Å². The number of anilines is 1. The summed E-state index contributed by atoms with van der Waals surface area (Å²) in [4.78, 5) is 21.9. The molecule has 132 valence electrons. The van der Waals surface area contributed by atoms with Gasteiger partial charge in [-0.25, -0.2) is 8.42 Å². The van der Waals surface area contributed by atoms with E-state index in [9.17, 15) is 28.4 Å². The van der Waals surface area contributed by atoms with E-state index in [2.05, 4.69) is 0 Å². The molecule has 25 heavy (non-hydrogen) atoms. The minimum absolute atomic E-state index is 0.132. The first kappa shape index (κ1) is 18.7. The second-order valence-corrected chi connectivity index (χ2v) is 7.51. The number of non-ortho nitro benzene ring substituents is 1. The fourth-order valence-electron chi connectivity index (χ4n) is 2.05. The quantitative estimate of drug-likeness (QED) is 0.554. The highest BCUT2D eigenvalue weighted by atomic mass is 35.5. The number of carboxylic acid groups (broad SMARTS) is 1. The predicted molar refractivity (Wildman–Crippen MR) is 89.3 cm³/mol. The number of halogens is 1. The largest absolute Gasteiger partial charge is 0.530 e. The Bertz CT molecular complexity index is 881. The van der Waals surface area contributed by atoms with Gasteiger partial charge in [0.15, 0.2) is 9.84 Å². The molecule has 1 amide bonds. The third-order valence-corrected chi connectivity index (χ3v) is 5.31. The second-order valence-electron chi connectivity index (χ2n) is 4.96. The first-order valence-electron chi connectivity index (χ1n) is 6.92. The average Bonchev–Trinajstić information content (AvgIpc) is 2.56. The molecule has 0 atom stereocenters. The van der Waals surface area contributed by atoms with Gasteiger partial charge < -0.3 is 14.8 Å². The number of nitrogens with zero attached hydrogens (tertiary/aromatic N) is 2. The van der Waals surface area contributed by atoms with Crippen LogP contribution < -0.4 is 10.0 Å². The number of hydrogen-bond acceptors (Lipinski definition) is 6. The molecule has 0 saturated carbocycles. The molecule has 0 bridgehead atoms. The average molecular weight is 384 g/mol. The first-order chi connectivity index (χ1) is 11.7. The summed E-state index contributed by atoms with van der Waals surface area (Å²) in [6, 6.07) is 10.2. The van der Waals surface area contributed by atoms with Crippen molar-refractivity contribution in [3.05, 3.63) is 63.7 Å². The molecule has 0 spiro atoms. The van der Waals surface area contributed by atoms with Gasteiger partial charge in [-0.15, -0.1) is 0 Å². The summed E-state index contributed by atoms with van der Waals surface area (Å²) in [6.07, 6.45) is -1.55. The van der Waals surface area contributed by atoms with Crippen molar-refractivity contribution < 1.29 is 23.2 Å². The SMILES string of the molecule is O=C([O-])N(CCS(=O)(=O)c1ccc([N+](=O)[O-])cc1)c1ccc(Cl)cc1. The van der Waals surface area contributed by atoms with Gasteiger partial charge in [-0.05, 0) is 36.4 Å². The summed E-state index contributed by atoms with van der Waals surface area (Å²) in [7, 11) is -3.83. The molecule has 0 heterocycles. The van der Waals surface area contributed by atoms with Gasteiger partial charge >= 0.3 is 0 Å². The van der Waals surface area contributed by atoms with Crippen molar-refractivity contribution in [3.63, 3.8) is 0 Å². The molecular formula is C15H12ClN2O6S-. The molecule has 0 aliphatic carbocycles. The lowest BCUT2D eigenvalue weighted by Crippen LogP contribution is -2.43. The van der Waals surface area contributed by atoms with E-state index < -0.39 is 26.6 Å². The van der Waals surface area contributed by atoms with Crippen LogP contribution in [0.15, 0.2) is 53.4 Å². The Kier molecular flexibility index (Phi) is 5.60. The predicted octanol–water partition coefficient (Wildman–Crippen LogP) is 1.87. The van der Waals surface area contributed by atoms with Crippen LogP contribution in [-0.2, 0) is 9.84 Å². The lowest BCUT2D eigenvalue weighted by Gasteiger charge is -2.25. The molecule has 10 heteroatoms. The number of sulfone groups is 1. The third-order valence-electron chi connectivity index (χ3n) is 3.35. The first-order valence-corrected chi connectivity index (χ1v) is 8.95. The summed E-state index contributed by atoms with van der Waals surface area (Å²) in [5.41, 5.74) is -0.0141. The number of benzene rings is 2. The van der Waals surface area contributed by atoms with Crippen LogP contribution in [0.2, 0.25) is 5.02 Å². The van der Waals surface area contributed by atoms with Gasteiger partial charge in [-0.1, -0.05) is 11.6 Å². The van der Waals surface area contributed by atoms with E-state index in [1.165, 1.54) is 24.3 Å². The topological polar surface area (TPSA) is 121 Å². The molecule has 0 saturated heterocycles. The standard InChI is InChI=1S/C15H13ClN2O6S/c16-11-1-3-12(4-2-11)17(15(19)20)9-10-25(23,24)14-7-5-13(6-8-14)18(21)22/h1-8H,9-10H2,(H,19,20)/p-1. The van der Waals surface area contributed by atoms with Crippen molar-refractivity contribution >= 4 is 38.9 Å². The second kappa shape index (κ2) is 7.49. The Balaban J connectivity index is 2.17. The smallest absolute Gasteiger partial charge is 0.269 e. The summed E-state index contributed by atoms with van der Waals surface area (Å²) in [6.45, 7) is -0.358. The zero-order chi connectivity index (χ0) is 18.6. The van der Waals surface area contributed by atoms with E-state index in [-0.39, 0.29) is 22.8 Å². The maximum Gasteiger partial charge on any atom is 0.269 e. The molecule has 8 nitrogen and oxygen atoms in total. The molecule has 2 aromatic rings. The summed E-state index contributed by atoms with van der Waals surface area (Å²) in [5.74, 6) is -0.512. The Morgan fingerprint density at radius 3 is 2.12 bits per heavy atom. The molecule has 0 N–H and O–H groups in total. The molecule has 0 unspecified atom stereocenters. The van der Waals surface area contributed by atoms with Gasteiger partial charge in [0.05, 0.1) is 15.6 Å². The van der Waals surface area contributed by atoms with E-state index in [0.29, 0.717) is 5.02 Å². The minimum Gasteiger partial charge on any atom is -0.530 e. The number of nitro groups is 1. The molecule has 0 aliphatic heterocycles. The number of amides is 1. The molecule has 0 radical (unpaired) electrons. The normalized spacial score (nSPS) is 11.1. The fraction of sp³-hybridized carbons (Fsp3) is 0.133. The van der Waals surface area contributed by atoms with Gasteiger partial charge in [0.2, 0.25) is 0 Å². The van der Waals surface area contributed by atoms with Crippen molar-refractivity contribution in [2.75, 3.05) is 17.2 Å². The van der Waals surface area contributed by atoms with Crippen molar-refractivity contribution in [2.24, 2.45) is 0 Å². The van der Waals surface area contributed by atoms with Crippen molar-refractivity contribution in [2.45, 2.75) is 4.90 Å². The lowest BCUT2D eigenvalue weighted by molar-refractivity contribution is -0.384. The monoisotopic (exact) mass is 383 g/mol. The summed E-state index contributed by atoms with van der Waals surface area (Å²) in [5, 5.41) is 22.3. The number of rotatable bonds is 6. The van der Waals surface area contributed by atoms with Crippen molar-refractivity contribution in [1.82, 2.24) is 0 Å². The minimum atomic E-state index is -3.83. The van der Waals surface area contributed by atoms with Gasteiger partial charge in [0.25, 0.3) is 5.69 Å². The van der Waals surface area contributed by atoms with Crippen LogP contribution in [-0.4, -0.2) is 31.7 Å². The fourth-order valence-corrected chi connectivity index (χ4v) is 3.39. The van der Waals surface area contributed by atoms with Crippen LogP contribution in [0.25, 0.3) is 0 Å². The maximum absolute atomic E-state index is 12.3. The molecule has 2 aromatic carbocycles. The highest BCUT2D eigenvalue weighted by Gasteiger charge is 2.19. The molecule has 0 aliphatic rings. The Labute approximate surface area is 148 Å². The van der Waals surface area contributed by atoms with E-state index in [4.69, 9.17) is 11.6 Å². The molecule has 0 fully saturated rings. The van der Waals surface area contributed by atoms with Crippen molar-refractivity contribution in [1.29, 1.82) is 0 Å². The number of hydrogen-bond donors (Lipinski definition) is 0. The van der Waals surface area contributed by atoms with Gasteiger partial charge in [0.1, 0.15) is 6.09 Å². The Morgan fingerprint density at radius 1 is 1.08 bits per heavy atom. The molecule has 0 aromatic heterocycles. The maximum atomic E-state index is 12.3. The lowest BCUT2D eigenvalue weighted by atomic mass is 10.3. The van der Waals surface area contributed by atoms with E-state index >= 15 is 0 Å².